The Hall–Kier alpha value is -1.56. The molecule has 2 rings (SSSR count). The summed E-state index contributed by atoms with van der Waals surface area (Å²) >= 11 is 0. The molecule has 0 bridgehead atoms. The number of hydrogen-bond donors (Lipinski definition) is 1. The van der Waals surface area contributed by atoms with Gasteiger partial charge in [0.05, 0.1) is 5.56 Å². The highest BCUT2D eigenvalue weighted by atomic mass is 16.2. The van der Waals surface area contributed by atoms with Crippen LogP contribution in [0.25, 0.3) is 0 Å². The molecule has 1 aliphatic rings. The average Bonchev–Trinajstić information content (AvgIpc) is 2.82. The lowest BCUT2D eigenvalue weighted by Crippen LogP contribution is -2.41. The molecular formula is C11H18N4O2. The highest BCUT2D eigenvalue weighted by molar-refractivity contribution is 5.38. The Bertz CT molecular complexity index is 538. The summed E-state index contributed by atoms with van der Waals surface area (Å²) in [5, 5.41) is 0. The molecule has 6 nitrogen and oxygen atoms in total. The molecule has 0 aromatic carbocycles. The predicted octanol–water partition coefficient (Wildman–Crippen LogP) is -0.738. The molecule has 1 aliphatic heterocycles. The van der Waals surface area contributed by atoms with E-state index in [4.69, 9.17) is 5.73 Å². The highest BCUT2D eigenvalue weighted by Gasteiger charge is 2.18. The zero-order valence-electron chi connectivity index (χ0n) is 10.3. The Morgan fingerprint density at radius 1 is 1.12 bits per heavy atom. The SMILES string of the molecule is Cn1c(N)c(CN2CCCC2)c(=O)n(C)c1=O. The Morgan fingerprint density at radius 3 is 2.29 bits per heavy atom. The van der Waals surface area contributed by atoms with Crippen LogP contribution >= 0.6 is 0 Å². The molecular weight excluding hydrogens is 220 g/mol. The van der Waals surface area contributed by atoms with Crippen molar-refractivity contribution in [1.29, 1.82) is 0 Å². The lowest BCUT2D eigenvalue weighted by Gasteiger charge is -2.17. The van der Waals surface area contributed by atoms with Crippen molar-refractivity contribution < 1.29 is 0 Å². The summed E-state index contributed by atoms with van der Waals surface area (Å²) < 4.78 is 2.44. The van der Waals surface area contributed by atoms with E-state index in [9.17, 15) is 9.59 Å². The number of aromatic nitrogens is 2. The van der Waals surface area contributed by atoms with Gasteiger partial charge in [0.2, 0.25) is 0 Å². The van der Waals surface area contributed by atoms with Gasteiger partial charge in [0.1, 0.15) is 5.82 Å². The van der Waals surface area contributed by atoms with E-state index in [0.717, 1.165) is 30.5 Å². The summed E-state index contributed by atoms with van der Waals surface area (Å²) in [6, 6.07) is 0. The van der Waals surface area contributed by atoms with Crippen molar-refractivity contribution in [2.24, 2.45) is 14.1 Å². The van der Waals surface area contributed by atoms with Gasteiger partial charge in [-0.2, -0.15) is 0 Å². The molecule has 2 N–H and O–H groups in total. The molecule has 0 saturated carbocycles. The molecule has 1 fully saturated rings. The number of nitrogens with two attached hydrogens (primary N) is 1. The Kier molecular flexibility index (Phi) is 3.06. The van der Waals surface area contributed by atoms with Crippen molar-refractivity contribution in [2.45, 2.75) is 19.4 Å². The molecule has 1 saturated heterocycles. The number of likely N-dealkylation sites (tertiary alicyclic amines) is 1. The maximum Gasteiger partial charge on any atom is 0.332 e. The molecule has 6 heteroatoms. The zero-order chi connectivity index (χ0) is 12.6. The van der Waals surface area contributed by atoms with Crippen LogP contribution in [0.5, 0.6) is 0 Å². The Labute approximate surface area is 99.3 Å². The van der Waals surface area contributed by atoms with Crippen LogP contribution < -0.4 is 17.0 Å². The Morgan fingerprint density at radius 2 is 1.71 bits per heavy atom. The second-order valence-electron chi connectivity index (χ2n) is 4.55. The van der Waals surface area contributed by atoms with Gasteiger partial charge >= 0.3 is 5.69 Å². The summed E-state index contributed by atoms with van der Waals surface area (Å²) in [5.74, 6) is 0.282. The minimum absolute atomic E-state index is 0.280. The molecule has 0 atom stereocenters. The first kappa shape index (κ1) is 11.9. The van der Waals surface area contributed by atoms with Gasteiger partial charge in [-0.15, -0.1) is 0 Å². The van der Waals surface area contributed by atoms with Crippen LogP contribution in [0.2, 0.25) is 0 Å². The largest absolute Gasteiger partial charge is 0.385 e. The van der Waals surface area contributed by atoms with E-state index >= 15 is 0 Å². The van der Waals surface area contributed by atoms with E-state index in [0.29, 0.717) is 12.1 Å². The van der Waals surface area contributed by atoms with Crippen molar-refractivity contribution in [3.8, 4) is 0 Å². The third kappa shape index (κ3) is 2.00. The third-order valence-corrected chi connectivity index (χ3v) is 3.39. The molecule has 0 aliphatic carbocycles. The number of hydrogen-bond acceptors (Lipinski definition) is 4. The molecule has 2 heterocycles. The molecule has 1 aromatic heterocycles. The molecule has 0 amide bonds. The van der Waals surface area contributed by atoms with Gasteiger partial charge in [-0.25, -0.2) is 4.79 Å². The smallest absolute Gasteiger partial charge is 0.332 e. The summed E-state index contributed by atoms with van der Waals surface area (Å²) in [5.41, 5.74) is 5.72. The molecule has 94 valence electrons. The fraction of sp³-hybridized carbons (Fsp3) is 0.636. The molecule has 17 heavy (non-hydrogen) atoms. The van der Waals surface area contributed by atoms with Crippen LogP contribution in [-0.4, -0.2) is 27.1 Å². The van der Waals surface area contributed by atoms with Crippen molar-refractivity contribution in [2.75, 3.05) is 18.8 Å². The van der Waals surface area contributed by atoms with E-state index in [1.165, 1.54) is 11.6 Å². The van der Waals surface area contributed by atoms with Gasteiger partial charge in [0.25, 0.3) is 5.56 Å². The third-order valence-electron chi connectivity index (χ3n) is 3.39. The summed E-state index contributed by atoms with van der Waals surface area (Å²) in [6.07, 6.45) is 2.32. The van der Waals surface area contributed by atoms with Crippen molar-refractivity contribution >= 4 is 5.82 Å². The minimum Gasteiger partial charge on any atom is -0.385 e. The van der Waals surface area contributed by atoms with Gasteiger partial charge in [0.15, 0.2) is 0 Å². The van der Waals surface area contributed by atoms with Crippen LogP contribution in [0.3, 0.4) is 0 Å². The summed E-state index contributed by atoms with van der Waals surface area (Å²) in [6.45, 7) is 2.52. The zero-order valence-corrected chi connectivity index (χ0v) is 10.3. The second kappa shape index (κ2) is 4.37. The normalized spacial score (nSPS) is 16.6. The lowest BCUT2D eigenvalue weighted by molar-refractivity contribution is 0.328. The number of nitrogens with zero attached hydrogens (tertiary/aromatic N) is 3. The average molecular weight is 238 g/mol. The standard InChI is InChI=1S/C11H18N4O2/c1-13-9(12)8(7-15-5-3-4-6-15)10(16)14(2)11(13)17/h3-7,12H2,1-2H3. The summed E-state index contributed by atoms with van der Waals surface area (Å²) in [4.78, 5) is 25.8. The number of anilines is 1. The molecule has 0 unspecified atom stereocenters. The van der Waals surface area contributed by atoms with Crippen LogP contribution in [0, 0.1) is 0 Å². The van der Waals surface area contributed by atoms with Crippen molar-refractivity contribution in [1.82, 2.24) is 14.0 Å². The van der Waals surface area contributed by atoms with Gasteiger partial charge < -0.3 is 5.73 Å². The predicted molar refractivity (Wildman–Crippen MR) is 65.8 cm³/mol. The van der Waals surface area contributed by atoms with Gasteiger partial charge in [0, 0.05) is 20.6 Å². The van der Waals surface area contributed by atoms with E-state index in [2.05, 4.69) is 4.90 Å². The lowest BCUT2D eigenvalue weighted by atomic mass is 10.2. The van der Waals surface area contributed by atoms with Gasteiger partial charge in [-0.1, -0.05) is 0 Å². The van der Waals surface area contributed by atoms with Crippen LogP contribution in [0.1, 0.15) is 18.4 Å². The number of nitrogen functional groups attached to an aromatic ring is 1. The first-order valence-corrected chi connectivity index (χ1v) is 5.79. The first-order valence-electron chi connectivity index (χ1n) is 5.79. The van der Waals surface area contributed by atoms with E-state index in [1.807, 2.05) is 0 Å². The molecule has 1 aromatic rings. The van der Waals surface area contributed by atoms with E-state index in [1.54, 1.807) is 7.05 Å². The first-order chi connectivity index (χ1) is 8.02. The van der Waals surface area contributed by atoms with Crippen molar-refractivity contribution in [3.63, 3.8) is 0 Å². The molecule has 0 spiro atoms. The quantitative estimate of drug-likeness (QED) is 0.736. The molecule has 0 radical (unpaired) electrons. The topological polar surface area (TPSA) is 73.3 Å². The highest BCUT2D eigenvalue weighted by Crippen LogP contribution is 2.13. The monoisotopic (exact) mass is 238 g/mol. The maximum atomic E-state index is 12.0. The van der Waals surface area contributed by atoms with E-state index < -0.39 is 0 Å². The van der Waals surface area contributed by atoms with Crippen LogP contribution in [0.4, 0.5) is 5.82 Å². The van der Waals surface area contributed by atoms with Gasteiger partial charge in [-0.05, 0) is 25.9 Å². The maximum absolute atomic E-state index is 12.0. The second-order valence-corrected chi connectivity index (χ2v) is 4.55. The summed E-state index contributed by atoms with van der Waals surface area (Å²) in [7, 11) is 3.07. The number of rotatable bonds is 2. The Balaban J connectivity index is 2.46. The fourth-order valence-corrected chi connectivity index (χ4v) is 2.24. The van der Waals surface area contributed by atoms with Crippen LogP contribution in [-0.2, 0) is 20.6 Å². The fourth-order valence-electron chi connectivity index (χ4n) is 2.24. The van der Waals surface area contributed by atoms with Crippen molar-refractivity contribution in [3.05, 3.63) is 26.4 Å². The van der Waals surface area contributed by atoms with Gasteiger partial charge in [-0.3, -0.25) is 18.8 Å². The van der Waals surface area contributed by atoms with Crippen LogP contribution in [0.15, 0.2) is 9.59 Å². The minimum atomic E-state index is -0.377. The van der Waals surface area contributed by atoms with E-state index in [-0.39, 0.29) is 17.1 Å².